The summed E-state index contributed by atoms with van der Waals surface area (Å²) in [6.45, 7) is 2.60. The maximum absolute atomic E-state index is 13.8. The average Bonchev–Trinajstić information content (AvgIpc) is 2.50. The summed E-state index contributed by atoms with van der Waals surface area (Å²) in [4.78, 5) is 13.9. The molecule has 2 N–H and O–H groups in total. The zero-order valence-electron chi connectivity index (χ0n) is 12.9. The molecule has 1 aliphatic heterocycles. The standard InChI is InChI=1S/C16H21F2NO4/c1-2-5-19(7-10-8-23-9-14(20)15(10)21)16(22)12-4-3-11(17)6-13(12)18/h3-4,6,10,14-15,20-21H,2,5,7-9H2,1H3/t10-,14-,15+/m1/s1. The molecule has 1 amide bonds. The number of benzene rings is 1. The Balaban J connectivity index is 2.15. The fourth-order valence-corrected chi connectivity index (χ4v) is 2.67. The Kier molecular flexibility index (Phi) is 6.04. The number of nitrogens with zero attached hydrogens (tertiary/aromatic N) is 1. The van der Waals surface area contributed by atoms with Gasteiger partial charge >= 0.3 is 0 Å². The molecule has 0 spiro atoms. The van der Waals surface area contributed by atoms with Gasteiger partial charge in [0.25, 0.3) is 5.91 Å². The molecule has 0 saturated carbocycles. The second-order valence-electron chi connectivity index (χ2n) is 5.73. The summed E-state index contributed by atoms with van der Waals surface area (Å²) in [6, 6.07) is 2.81. The zero-order valence-corrected chi connectivity index (χ0v) is 12.9. The second kappa shape index (κ2) is 7.81. The normalized spacial score (nSPS) is 24.5. The van der Waals surface area contributed by atoms with E-state index in [1.54, 1.807) is 0 Å². The van der Waals surface area contributed by atoms with Crippen LogP contribution < -0.4 is 0 Å². The molecular weight excluding hydrogens is 308 g/mol. The second-order valence-corrected chi connectivity index (χ2v) is 5.73. The first kappa shape index (κ1) is 17.8. The quantitative estimate of drug-likeness (QED) is 0.851. The minimum atomic E-state index is -1.01. The van der Waals surface area contributed by atoms with Gasteiger partial charge in [0.05, 0.1) is 24.9 Å². The summed E-state index contributed by atoms with van der Waals surface area (Å²) in [7, 11) is 0. The van der Waals surface area contributed by atoms with Crippen LogP contribution in [0.3, 0.4) is 0 Å². The van der Waals surface area contributed by atoms with Gasteiger partial charge < -0.3 is 19.8 Å². The van der Waals surface area contributed by atoms with Crippen molar-refractivity contribution in [1.29, 1.82) is 0 Å². The highest BCUT2D eigenvalue weighted by atomic mass is 19.1. The number of aliphatic hydroxyl groups is 2. The Morgan fingerprint density at radius 2 is 2.09 bits per heavy atom. The Labute approximate surface area is 133 Å². The largest absolute Gasteiger partial charge is 0.390 e. The summed E-state index contributed by atoms with van der Waals surface area (Å²) in [6.07, 6.45) is -1.37. The maximum Gasteiger partial charge on any atom is 0.256 e. The number of amides is 1. The Morgan fingerprint density at radius 1 is 1.35 bits per heavy atom. The first-order valence-electron chi connectivity index (χ1n) is 7.62. The van der Waals surface area contributed by atoms with Gasteiger partial charge in [-0.1, -0.05) is 6.92 Å². The number of halogens is 2. The molecular formula is C16H21F2NO4. The summed E-state index contributed by atoms with van der Waals surface area (Å²) in [5.74, 6) is -2.70. The molecule has 7 heteroatoms. The van der Waals surface area contributed by atoms with Crippen LogP contribution in [0.2, 0.25) is 0 Å². The minimum Gasteiger partial charge on any atom is -0.390 e. The van der Waals surface area contributed by atoms with Crippen molar-refractivity contribution in [3.8, 4) is 0 Å². The lowest BCUT2D eigenvalue weighted by atomic mass is 9.95. The highest BCUT2D eigenvalue weighted by molar-refractivity contribution is 5.94. The third kappa shape index (κ3) is 4.25. The van der Waals surface area contributed by atoms with Crippen molar-refractivity contribution in [2.24, 2.45) is 5.92 Å². The number of hydrogen-bond acceptors (Lipinski definition) is 4. The molecule has 2 rings (SSSR count). The smallest absolute Gasteiger partial charge is 0.256 e. The fourth-order valence-electron chi connectivity index (χ4n) is 2.67. The van der Waals surface area contributed by atoms with Gasteiger partial charge in [-0.3, -0.25) is 4.79 Å². The zero-order chi connectivity index (χ0) is 17.0. The molecule has 1 fully saturated rings. The molecule has 0 unspecified atom stereocenters. The van der Waals surface area contributed by atoms with Gasteiger partial charge in [-0.25, -0.2) is 8.78 Å². The van der Waals surface area contributed by atoms with Crippen molar-refractivity contribution < 1.29 is 28.5 Å². The molecule has 0 radical (unpaired) electrons. The molecule has 1 aromatic carbocycles. The molecule has 1 aromatic rings. The lowest BCUT2D eigenvalue weighted by molar-refractivity contribution is -0.124. The summed E-state index contributed by atoms with van der Waals surface area (Å²) in [5, 5.41) is 19.6. The summed E-state index contributed by atoms with van der Waals surface area (Å²) >= 11 is 0. The van der Waals surface area contributed by atoms with E-state index in [1.807, 2.05) is 6.92 Å². The third-order valence-corrected chi connectivity index (χ3v) is 3.89. The van der Waals surface area contributed by atoms with Gasteiger partial charge in [0, 0.05) is 25.1 Å². The van der Waals surface area contributed by atoms with Crippen molar-refractivity contribution in [3.63, 3.8) is 0 Å². The topological polar surface area (TPSA) is 70.0 Å². The number of rotatable bonds is 5. The first-order valence-corrected chi connectivity index (χ1v) is 7.62. The van der Waals surface area contributed by atoms with Gasteiger partial charge in [0.15, 0.2) is 0 Å². The lowest BCUT2D eigenvalue weighted by Crippen LogP contribution is -2.49. The average molecular weight is 329 g/mol. The Hall–Kier alpha value is -1.57. The predicted octanol–water partition coefficient (Wildman–Crippen LogP) is 1.19. The molecule has 0 bridgehead atoms. The first-order chi connectivity index (χ1) is 10.9. The van der Waals surface area contributed by atoms with Gasteiger partial charge in [-0.2, -0.15) is 0 Å². The van der Waals surface area contributed by atoms with E-state index >= 15 is 0 Å². The van der Waals surface area contributed by atoms with Gasteiger partial charge in [-0.05, 0) is 18.6 Å². The van der Waals surface area contributed by atoms with E-state index in [9.17, 15) is 23.8 Å². The molecule has 1 heterocycles. The minimum absolute atomic E-state index is 0.0476. The van der Waals surface area contributed by atoms with Crippen LogP contribution >= 0.6 is 0 Å². The molecule has 5 nitrogen and oxygen atoms in total. The van der Waals surface area contributed by atoms with Crippen LogP contribution in [0.1, 0.15) is 23.7 Å². The van der Waals surface area contributed by atoms with Crippen LogP contribution in [0.25, 0.3) is 0 Å². The number of carbonyl (C=O) groups excluding carboxylic acids is 1. The van der Waals surface area contributed by atoms with E-state index < -0.39 is 35.7 Å². The Bertz CT molecular complexity index is 555. The maximum atomic E-state index is 13.8. The van der Waals surface area contributed by atoms with Crippen molar-refractivity contribution >= 4 is 5.91 Å². The number of aliphatic hydroxyl groups excluding tert-OH is 2. The van der Waals surface area contributed by atoms with E-state index in [0.717, 1.165) is 12.1 Å². The molecule has 128 valence electrons. The van der Waals surface area contributed by atoms with Gasteiger partial charge in [0.1, 0.15) is 17.7 Å². The Morgan fingerprint density at radius 3 is 2.74 bits per heavy atom. The summed E-state index contributed by atoms with van der Waals surface area (Å²) < 4.78 is 32.0. The van der Waals surface area contributed by atoms with Crippen LogP contribution in [0, 0.1) is 17.6 Å². The van der Waals surface area contributed by atoms with Crippen LogP contribution in [0.5, 0.6) is 0 Å². The summed E-state index contributed by atoms with van der Waals surface area (Å²) in [5.41, 5.74) is -0.216. The number of carbonyl (C=O) groups is 1. The van der Waals surface area contributed by atoms with Crippen LogP contribution in [-0.4, -0.2) is 59.5 Å². The van der Waals surface area contributed by atoms with Gasteiger partial charge in [0.2, 0.25) is 0 Å². The van der Waals surface area contributed by atoms with Crippen molar-refractivity contribution in [3.05, 3.63) is 35.4 Å². The molecule has 0 aromatic heterocycles. The fraction of sp³-hybridized carbons (Fsp3) is 0.562. The number of ether oxygens (including phenoxy) is 1. The molecule has 23 heavy (non-hydrogen) atoms. The van der Waals surface area contributed by atoms with Crippen LogP contribution in [0.15, 0.2) is 18.2 Å². The predicted molar refractivity (Wildman–Crippen MR) is 78.9 cm³/mol. The lowest BCUT2D eigenvalue weighted by Gasteiger charge is -2.35. The SMILES string of the molecule is CCCN(C[C@@H]1COC[C@@H](O)[C@H]1O)C(=O)c1ccc(F)cc1F. The highest BCUT2D eigenvalue weighted by Gasteiger charge is 2.33. The van der Waals surface area contributed by atoms with E-state index in [4.69, 9.17) is 4.74 Å². The van der Waals surface area contributed by atoms with Crippen molar-refractivity contribution in [2.45, 2.75) is 25.6 Å². The van der Waals surface area contributed by atoms with E-state index in [-0.39, 0.29) is 25.3 Å². The van der Waals surface area contributed by atoms with Crippen LogP contribution in [0.4, 0.5) is 8.78 Å². The molecule has 3 atom stereocenters. The molecule has 1 saturated heterocycles. The van der Waals surface area contributed by atoms with E-state index in [2.05, 4.69) is 0 Å². The van der Waals surface area contributed by atoms with Crippen LogP contribution in [-0.2, 0) is 4.74 Å². The number of hydrogen-bond donors (Lipinski definition) is 2. The molecule has 0 aliphatic carbocycles. The molecule has 1 aliphatic rings. The van der Waals surface area contributed by atoms with E-state index in [1.165, 1.54) is 4.90 Å². The van der Waals surface area contributed by atoms with Crippen molar-refractivity contribution in [1.82, 2.24) is 4.90 Å². The van der Waals surface area contributed by atoms with E-state index in [0.29, 0.717) is 19.0 Å². The monoisotopic (exact) mass is 329 g/mol. The third-order valence-electron chi connectivity index (χ3n) is 3.89. The highest BCUT2D eigenvalue weighted by Crippen LogP contribution is 2.19. The van der Waals surface area contributed by atoms with Gasteiger partial charge in [-0.15, -0.1) is 0 Å². The van der Waals surface area contributed by atoms with Crippen molar-refractivity contribution in [2.75, 3.05) is 26.3 Å².